The van der Waals surface area contributed by atoms with Crippen molar-refractivity contribution in [2.45, 2.75) is 46.1 Å². The summed E-state index contributed by atoms with van der Waals surface area (Å²) in [4.78, 5) is 29.5. The van der Waals surface area contributed by atoms with Crippen molar-refractivity contribution in [2.24, 2.45) is 5.92 Å². The number of imidazole rings is 1. The lowest BCUT2D eigenvalue weighted by Gasteiger charge is -2.17. The highest BCUT2D eigenvalue weighted by molar-refractivity contribution is 6.05. The number of nitrogens with zero attached hydrogens (tertiary/aromatic N) is 2. The number of amides is 2. The van der Waals surface area contributed by atoms with Crippen LogP contribution in [-0.2, 0) is 13.0 Å². The second-order valence-electron chi connectivity index (χ2n) is 7.36. The molecule has 1 aromatic heterocycles. The molecule has 6 nitrogen and oxygen atoms in total. The fourth-order valence-electron chi connectivity index (χ4n) is 3.22. The third-order valence-electron chi connectivity index (χ3n) is 4.72. The first-order valence-corrected chi connectivity index (χ1v) is 9.50. The number of carbonyl (C=O) groups excluding carboxylic acids is 2. The molecule has 1 aliphatic rings. The molecule has 8 heteroatoms. The lowest BCUT2D eigenvalue weighted by Crippen LogP contribution is -2.29. The molecule has 3 rings (SSSR count). The molecule has 0 fully saturated rings. The average Bonchev–Trinajstić information content (AvgIpc) is 3.04. The summed E-state index contributed by atoms with van der Waals surface area (Å²) in [6.45, 7) is 5.30. The van der Waals surface area contributed by atoms with Gasteiger partial charge in [-0.15, -0.1) is 0 Å². The number of halogens is 2. The van der Waals surface area contributed by atoms with Gasteiger partial charge in [0, 0.05) is 24.8 Å². The molecule has 0 radical (unpaired) electrons. The van der Waals surface area contributed by atoms with E-state index in [4.69, 9.17) is 0 Å². The molecular weight excluding hydrogens is 366 g/mol. The van der Waals surface area contributed by atoms with Crippen LogP contribution in [0.4, 0.5) is 14.5 Å². The van der Waals surface area contributed by atoms with E-state index >= 15 is 0 Å². The molecule has 0 bridgehead atoms. The molecule has 150 valence electrons. The summed E-state index contributed by atoms with van der Waals surface area (Å²) in [5.74, 6) is -2.21. The number of carbonyl (C=O) groups is 2. The molecule has 1 aromatic carbocycles. The van der Waals surface area contributed by atoms with Crippen molar-refractivity contribution in [3.63, 3.8) is 0 Å². The van der Waals surface area contributed by atoms with Gasteiger partial charge in [-0.1, -0.05) is 13.8 Å². The molecule has 2 heterocycles. The minimum atomic E-state index is -1.05. The summed E-state index contributed by atoms with van der Waals surface area (Å²) >= 11 is 0. The zero-order chi connectivity index (χ0) is 20.3. The van der Waals surface area contributed by atoms with Crippen LogP contribution in [0.25, 0.3) is 0 Å². The van der Waals surface area contributed by atoms with Crippen LogP contribution in [0.5, 0.6) is 0 Å². The van der Waals surface area contributed by atoms with Crippen LogP contribution in [0.2, 0.25) is 0 Å². The van der Waals surface area contributed by atoms with Crippen LogP contribution >= 0.6 is 0 Å². The Morgan fingerprint density at radius 1 is 1.18 bits per heavy atom. The van der Waals surface area contributed by atoms with Gasteiger partial charge >= 0.3 is 0 Å². The number of anilines is 1. The van der Waals surface area contributed by atoms with Gasteiger partial charge in [0.05, 0.1) is 5.69 Å². The van der Waals surface area contributed by atoms with E-state index in [1.807, 2.05) is 0 Å². The molecular formula is C20H24F2N4O2. The third-order valence-corrected chi connectivity index (χ3v) is 4.72. The van der Waals surface area contributed by atoms with Crippen molar-refractivity contribution in [1.29, 1.82) is 0 Å². The Balaban J connectivity index is 1.82. The van der Waals surface area contributed by atoms with Gasteiger partial charge < -0.3 is 15.2 Å². The first kappa shape index (κ1) is 20.0. The maximum Gasteiger partial charge on any atom is 0.287 e. The fourth-order valence-corrected chi connectivity index (χ4v) is 3.22. The summed E-state index contributed by atoms with van der Waals surface area (Å²) in [6, 6.07) is 3.13. The predicted octanol–water partition coefficient (Wildman–Crippen LogP) is 3.53. The Labute approximate surface area is 162 Å². The summed E-state index contributed by atoms with van der Waals surface area (Å²) < 4.78 is 28.3. The SMILES string of the molecule is CC(C)CCNC(=O)c1nc(C(=O)Nc2ccc(F)c(F)c2)c2n1CCCC2. The van der Waals surface area contributed by atoms with Crippen molar-refractivity contribution in [3.05, 3.63) is 47.0 Å². The van der Waals surface area contributed by atoms with Gasteiger partial charge in [0.1, 0.15) is 0 Å². The maximum atomic E-state index is 13.4. The van der Waals surface area contributed by atoms with E-state index < -0.39 is 17.5 Å². The van der Waals surface area contributed by atoms with Gasteiger partial charge in [0.25, 0.3) is 11.8 Å². The van der Waals surface area contributed by atoms with E-state index in [1.54, 1.807) is 4.57 Å². The van der Waals surface area contributed by atoms with E-state index in [9.17, 15) is 18.4 Å². The first-order valence-electron chi connectivity index (χ1n) is 9.50. The van der Waals surface area contributed by atoms with Crippen molar-refractivity contribution in [3.8, 4) is 0 Å². The second kappa shape index (κ2) is 8.50. The number of aromatic nitrogens is 2. The first-order chi connectivity index (χ1) is 13.4. The molecule has 0 spiro atoms. The molecule has 28 heavy (non-hydrogen) atoms. The van der Waals surface area contributed by atoms with Crippen LogP contribution in [0, 0.1) is 17.6 Å². The summed E-state index contributed by atoms with van der Waals surface area (Å²) in [5, 5.41) is 5.38. The van der Waals surface area contributed by atoms with Gasteiger partial charge in [-0.2, -0.15) is 0 Å². The molecule has 0 saturated carbocycles. The zero-order valence-electron chi connectivity index (χ0n) is 16.0. The van der Waals surface area contributed by atoms with Gasteiger partial charge in [0.15, 0.2) is 23.2 Å². The lowest BCUT2D eigenvalue weighted by atomic mass is 10.1. The largest absolute Gasteiger partial charge is 0.349 e. The van der Waals surface area contributed by atoms with Crippen LogP contribution in [-0.4, -0.2) is 27.9 Å². The zero-order valence-corrected chi connectivity index (χ0v) is 16.0. The van der Waals surface area contributed by atoms with E-state index in [1.165, 1.54) is 6.07 Å². The minimum absolute atomic E-state index is 0.129. The monoisotopic (exact) mass is 390 g/mol. The van der Waals surface area contributed by atoms with E-state index in [-0.39, 0.29) is 23.1 Å². The quantitative estimate of drug-likeness (QED) is 0.792. The van der Waals surface area contributed by atoms with E-state index in [0.717, 1.165) is 31.4 Å². The topological polar surface area (TPSA) is 76.0 Å². The van der Waals surface area contributed by atoms with Gasteiger partial charge in [0.2, 0.25) is 0 Å². The lowest BCUT2D eigenvalue weighted by molar-refractivity contribution is 0.0936. The van der Waals surface area contributed by atoms with Crippen molar-refractivity contribution >= 4 is 17.5 Å². The van der Waals surface area contributed by atoms with Crippen molar-refractivity contribution < 1.29 is 18.4 Å². The van der Waals surface area contributed by atoms with Crippen molar-refractivity contribution in [2.75, 3.05) is 11.9 Å². The molecule has 2 amide bonds. The van der Waals surface area contributed by atoms with Gasteiger partial charge in [-0.3, -0.25) is 9.59 Å². The Morgan fingerprint density at radius 2 is 1.96 bits per heavy atom. The minimum Gasteiger partial charge on any atom is -0.349 e. The second-order valence-corrected chi connectivity index (χ2v) is 7.36. The summed E-state index contributed by atoms with van der Waals surface area (Å²) in [6.07, 6.45) is 3.28. The van der Waals surface area contributed by atoms with Gasteiger partial charge in [-0.25, -0.2) is 13.8 Å². The van der Waals surface area contributed by atoms with Crippen LogP contribution in [0.15, 0.2) is 18.2 Å². The third kappa shape index (κ3) is 4.37. The van der Waals surface area contributed by atoms with Crippen LogP contribution in [0.1, 0.15) is 59.9 Å². The molecule has 0 atom stereocenters. The van der Waals surface area contributed by atoms with E-state index in [0.29, 0.717) is 31.1 Å². The molecule has 0 aliphatic carbocycles. The van der Waals surface area contributed by atoms with Crippen molar-refractivity contribution in [1.82, 2.24) is 14.9 Å². The smallest absolute Gasteiger partial charge is 0.287 e. The summed E-state index contributed by atoms with van der Waals surface area (Å²) in [5.41, 5.74) is 0.975. The van der Waals surface area contributed by atoms with Crippen LogP contribution < -0.4 is 10.6 Å². The number of rotatable bonds is 6. The Bertz CT molecular complexity index is 893. The molecule has 0 saturated heterocycles. The van der Waals surface area contributed by atoms with E-state index in [2.05, 4.69) is 29.5 Å². The number of hydrogen-bond acceptors (Lipinski definition) is 3. The number of hydrogen-bond donors (Lipinski definition) is 2. The highest BCUT2D eigenvalue weighted by atomic mass is 19.2. The Hall–Kier alpha value is -2.77. The number of fused-ring (bicyclic) bond motifs is 1. The fraction of sp³-hybridized carbons (Fsp3) is 0.450. The molecule has 2 aromatic rings. The number of benzene rings is 1. The Kier molecular flexibility index (Phi) is 6.06. The standard InChI is InChI=1S/C20H24F2N4O2/c1-12(2)8-9-23-20(28)18-25-17(16-5-3-4-10-26(16)18)19(27)24-13-6-7-14(21)15(22)11-13/h6-7,11-12H,3-5,8-10H2,1-2H3,(H,23,28)(H,24,27). The van der Waals surface area contributed by atoms with Gasteiger partial charge in [-0.05, 0) is 43.7 Å². The predicted molar refractivity (Wildman–Crippen MR) is 101 cm³/mol. The maximum absolute atomic E-state index is 13.4. The summed E-state index contributed by atoms with van der Waals surface area (Å²) in [7, 11) is 0. The highest BCUT2D eigenvalue weighted by Crippen LogP contribution is 2.22. The molecule has 2 N–H and O–H groups in total. The molecule has 0 unspecified atom stereocenters. The highest BCUT2D eigenvalue weighted by Gasteiger charge is 2.27. The average molecular weight is 390 g/mol. The Morgan fingerprint density at radius 3 is 2.68 bits per heavy atom. The van der Waals surface area contributed by atoms with Crippen LogP contribution in [0.3, 0.4) is 0 Å². The normalized spacial score (nSPS) is 13.3. The number of nitrogens with one attached hydrogen (secondary N) is 2. The molecule has 1 aliphatic heterocycles.